The highest BCUT2D eigenvalue weighted by Crippen LogP contribution is 2.22. The smallest absolute Gasteiger partial charge is 0.173 e. The van der Waals surface area contributed by atoms with Gasteiger partial charge in [-0.05, 0) is 42.6 Å². The molecule has 2 unspecified atom stereocenters. The maximum Gasteiger partial charge on any atom is 0.173 e. The highest BCUT2D eigenvalue weighted by molar-refractivity contribution is 7.80. The normalized spacial score (nSPS) is 23.0. The molecule has 1 aromatic rings. The van der Waals surface area contributed by atoms with Crippen molar-refractivity contribution in [3.8, 4) is 5.75 Å². The summed E-state index contributed by atoms with van der Waals surface area (Å²) in [4.78, 5) is 2.27. The summed E-state index contributed by atoms with van der Waals surface area (Å²) in [6, 6.07) is 7.86. The summed E-state index contributed by atoms with van der Waals surface area (Å²) >= 11 is 5.52. The Morgan fingerprint density at radius 2 is 2.00 bits per heavy atom. The molecule has 1 saturated heterocycles. The van der Waals surface area contributed by atoms with Crippen LogP contribution >= 0.6 is 12.2 Å². The minimum atomic E-state index is 0.703. The summed E-state index contributed by atoms with van der Waals surface area (Å²) < 4.78 is 5.22. The van der Waals surface area contributed by atoms with E-state index in [0.29, 0.717) is 11.8 Å². The predicted octanol–water partition coefficient (Wildman–Crippen LogP) is 3.37. The van der Waals surface area contributed by atoms with E-state index in [-0.39, 0.29) is 0 Å². The van der Waals surface area contributed by atoms with Crippen molar-refractivity contribution in [2.24, 2.45) is 11.8 Å². The third-order valence-corrected chi connectivity index (χ3v) is 3.84. The fraction of sp³-hybridized carbons (Fsp3) is 0.533. The number of thiocarbonyl (C=S) groups is 1. The number of anilines is 1. The molecular formula is C15H22N2OS. The molecule has 19 heavy (non-hydrogen) atoms. The van der Waals surface area contributed by atoms with Gasteiger partial charge < -0.3 is 15.0 Å². The summed E-state index contributed by atoms with van der Waals surface area (Å²) in [6.07, 6.45) is 1.29. The largest absolute Gasteiger partial charge is 0.497 e. The van der Waals surface area contributed by atoms with Crippen LogP contribution in [0, 0.1) is 11.8 Å². The monoisotopic (exact) mass is 278 g/mol. The maximum absolute atomic E-state index is 5.52. The van der Waals surface area contributed by atoms with Crippen LogP contribution in [0.15, 0.2) is 24.3 Å². The van der Waals surface area contributed by atoms with Gasteiger partial charge in [0, 0.05) is 24.8 Å². The number of piperidine rings is 1. The number of hydrogen-bond acceptors (Lipinski definition) is 2. The standard InChI is InChI=1S/C15H22N2OS/c1-11-7-12(2)10-17(9-11)15(19)16-13-5-4-6-14(8-13)18-3/h4-6,8,11-12H,7,9-10H2,1-3H3,(H,16,19). The number of nitrogens with one attached hydrogen (secondary N) is 1. The molecule has 0 saturated carbocycles. The molecule has 0 amide bonds. The average Bonchev–Trinajstić information content (AvgIpc) is 2.37. The van der Waals surface area contributed by atoms with Crippen LogP contribution in [-0.2, 0) is 0 Å². The van der Waals surface area contributed by atoms with E-state index in [4.69, 9.17) is 17.0 Å². The van der Waals surface area contributed by atoms with Crippen molar-refractivity contribution in [1.29, 1.82) is 0 Å². The maximum atomic E-state index is 5.52. The lowest BCUT2D eigenvalue weighted by Crippen LogP contribution is -2.44. The number of likely N-dealkylation sites (tertiary alicyclic amines) is 1. The quantitative estimate of drug-likeness (QED) is 0.838. The topological polar surface area (TPSA) is 24.5 Å². The zero-order chi connectivity index (χ0) is 13.8. The summed E-state index contributed by atoms with van der Waals surface area (Å²) in [5.41, 5.74) is 0.982. The van der Waals surface area contributed by atoms with E-state index >= 15 is 0 Å². The van der Waals surface area contributed by atoms with Crippen molar-refractivity contribution in [2.45, 2.75) is 20.3 Å². The molecule has 1 aromatic carbocycles. The molecule has 1 N–H and O–H groups in total. The number of benzene rings is 1. The summed E-state index contributed by atoms with van der Waals surface area (Å²) in [5, 5.41) is 4.12. The lowest BCUT2D eigenvalue weighted by atomic mass is 9.92. The van der Waals surface area contributed by atoms with Gasteiger partial charge in [-0.25, -0.2) is 0 Å². The minimum Gasteiger partial charge on any atom is -0.497 e. The molecule has 0 spiro atoms. The zero-order valence-corrected chi connectivity index (χ0v) is 12.7. The van der Waals surface area contributed by atoms with Gasteiger partial charge in [0.05, 0.1) is 7.11 Å². The van der Waals surface area contributed by atoms with Gasteiger partial charge in [0.2, 0.25) is 0 Å². The van der Waals surface area contributed by atoms with Crippen molar-refractivity contribution < 1.29 is 4.74 Å². The van der Waals surface area contributed by atoms with E-state index in [1.165, 1.54) is 6.42 Å². The van der Waals surface area contributed by atoms with Crippen LogP contribution < -0.4 is 10.1 Å². The van der Waals surface area contributed by atoms with E-state index in [2.05, 4.69) is 24.1 Å². The lowest BCUT2D eigenvalue weighted by Gasteiger charge is -2.36. The van der Waals surface area contributed by atoms with Gasteiger partial charge in [0.1, 0.15) is 5.75 Å². The SMILES string of the molecule is COc1cccc(NC(=S)N2CC(C)CC(C)C2)c1. The van der Waals surface area contributed by atoms with Gasteiger partial charge in [-0.15, -0.1) is 0 Å². The molecular weight excluding hydrogens is 256 g/mol. The Bertz CT molecular complexity index is 440. The van der Waals surface area contributed by atoms with Crippen LogP contribution in [0.25, 0.3) is 0 Å². The van der Waals surface area contributed by atoms with Crippen molar-refractivity contribution in [1.82, 2.24) is 4.90 Å². The second-order valence-corrected chi connectivity index (χ2v) is 5.90. The molecule has 104 valence electrons. The van der Waals surface area contributed by atoms with Crippen molar-refractivity contribution in [3.05, 3.63) is 24.3 Å². The first kappa shape index (κ1) is 14.1. The Labute approximate surface area is 120 Å². The summed E-state index contributed by atoms with van der Waals surface area (Å²) in [5.74, 6) is 2.25. The Morgan fingerprint density at radius 1 is 1.32 bits per heavy atom. The van der Waals surface area contributed by atoms with E-state index < -0.39 is 0 Å². The summed E-state index contributed by atoms with van der Waals surface area (Å²) in [6.45, 7) is 6.66. The fourth-order valence-corrected chi connectivity index (χ4v) is 3.00. The highest BCUT2D eigenvalue weighted by Gasteiger charge is 2.23. The second kappa shape index (κ2) is 6.24. The zero-order valence-electron chi connectivity index (χ0n) is 11.8. The van der Waals surface area contributed by atoms with Gasteiger partial charge in [0.15, 0.2) is 5.11 Å². The number of ether oxygens (including phenoxy) is 1. The molecule has 1 heterocycles. The molecule has 0 aliphatic carbocycles. The lowest BCUT2D eigenvalue weighted by molar-refractivity contribution is 0.216. The second-order valence-electron chi connectivity index (χ2n) is 5.51. The number of rotatable bonds is 2. The van der Waals surface area contributed by atoms with E-state index in [0.717, 1.165) is 29.6 Å². The Hall–Kier alpha value is -1.29. The predicted molar refractivity (Wildman–Crippen MR) is 83.7 cm³/mol. The Balaban J connectivity index is 2.00. The van der Waals surface area contributed by atoms with Gasteiger partial charge in [-0.1, -0.05) is 19.9 Å². The molecule has 1 fully saturated rings. The van der Waals surface area contributed by atoms with Gasteiger partial charge >= 0.3 is 0 Å². The average molecular weight is 278 g/mol. The van der Waals surface area contributed by atoms with Gasteiger partial charge in [0.25, 0.3) is 0 Å². The van der Waals surface area contributed by atoms with Crippen LogP contribution in [0.2, 0.25) is 0 Å². The fourth-order valence-electron chi connectivity index (χ4n) is 2.73. The first-order valence-electron chi connectivity index (χ1n) is 6.78. The third kappa shape index (κ3) is 3.83. The van der Waals surface area contributed by atoms with Crippen LogP contribution in [0.4, 0.5) is 5.69 Å². The molecule has 3 nitrogen and oxygen atoms in total. The molecule has 1 aliphatic rings. The van der Waals surface area contributed by atoms with Crippen LogP contribution in [-0.4, -0.2) is 30.2 Å². The highest BCUT2D eigenvalue weighted by atomic mass is 32.1. The van der Waals surface area contributed by atoms with E-state index in [9.17, 15) is 0 Å². The molecule has 0 bridgehead atoms. The molecule has 0 aromatic heterocycles. The van der Waals surface area contributed by atoms with Crippen molar-refractivity contribution in [3.63, 3.8) is 0 Å². The van der Waals surface area contributed by atoms with Gasteiger partial charge in [-0.3, -0.25) is 0 Å². The summed E-state index contributed by atoms with van der Waals surface area (Å²) in [7, 11) is 1.67. The van der Waals surface area contributed by atoms with Gasteiger partial charge in [-0.2, -0.15) is 0 Å². The molecule has 0 radical (unpaired) electrons. The first-order valence-corrected chi connectivity index (χ1v) is 7.19. The number of nitrogens with zero attached hydrogens (tertiary/aromatic N) is 1. The van der Waals surface area contributed by atoms with Crippen molar-refractivity contribution in [2.75, 3.05) is 25.5 Å². The Kier molecular flexibility index (Phi) is 4.64. The van der Waals surface area contributed by atoms with E-state index in [1.54, 1.807) is 7.11 Å². The van der Waals surface area contributed by atoms with Crippen LogP contribution in [0.3, 0.4) is 0 Å². The third-order valence-electron chi connectivity index (χ3n) is 3.48. The molecule has 2 rings (SSSR count). The molecule has 1 aliphatic heterocycles. The van der Waals surface area contributed by atoms with E-state index in [1.807, 2.05) is 24.3 Å². The van der Waals surface area contributed by atoms with Crippen LogP contribution in [0.1, 0.15) is 20.3 Å². The Morgan fingerprint density at radius 3 is 2.63 bits per heavy atom. The molecule has 2 atom stereocenters. The molecule has 4 heteroatoms. The minimum absolute atomic E-state index is 0.703. The van der Waals surface area contributed by atoms with Crippen LogP contribution in [0.5, 0.6) is 5.75 Å². The number of methoxy groups -OCH3 is 1. The number of hydrogen-bond donors (Lipinski definition) is 1. The van der Waals surface area contributed by atoms with Crippen molar-refractivity contribution >= 4 is 23.0 Å². The first-order chi connectivity index (χ1) is 9.08.